The van der Waals surface area contributed by atoms with Crippen molar-refractivity contribution in [2.75, 3.05) is 0 Å². The van der Waals surface area contributed by atoms with E-state index in [0.29, 0.717) is 5.56 Å². The summed E-state index contributed by atoms with van der Waals surface area (Å²) in [5.74, 6) is -0.879. The van der Waals surface area contributed by atoms with Crippen molar-refractivity contribution < 1.29 is 30.0 Å². The maximum absolute atomic E-state index is 10.2. The third kappa shape index (κ3) is 2.29. The molecule has 3 heteroatoms. The fraction of sp³-hybridized carbons (Fsp3) is 0. The van der Waals surface area contributed by atoms with E-state index >= 15 is 0 Å². The zero-order valence-corrected chi connectivity index (χ0v) is 7.47. The second-order valence-corrected chi connectivity index (χ2v) is 1.67. The Morgan fingerprint density at radius 2 is 1.70 bits per heavy atom. The van der Waals surface area contributed by atoms with Crippen molar-refractivity contribution >= 4 is 5.97 Å². The van der Waals surface area contributed by atoms with Crippen molar-refractivity contribution in [2.24, 2.45) is 0 Å². The van der Waals surface area contributed by atoms with Crippen molar-refractivity contribution in [3.8, 4) is 0 Å². The summed E-state index contributed by atoms with van der Waals surface area (Å²) < 4.78 is 0. The summed E-state index contributed by atoms with van der Waals surface area (Å²) in [6.45, 7) is 0. The Labute approximate surface area is 72.2 Å². The average Bonchev–Trinajstić information content (AvgIpc) is 1.90. The summed E-state index contributed by atoms with van der Waals surface area (Å²) >= 11 is 0. The minimum absolute atomic E-state index is 0. The van der Waals surface area contributed by atoms with Gasteiger partial charge in [0.2, 0.25) is 0 Å². The predicted molar refractivity (Wildman–Crippen MR) is 33.4 cm³/mol. The third-order valence-electron chi connectivity index (χ3n) is 1.02. The van der Waals surface area contributed by atoms with Crippen LogP contribution in [-0.4, -0.2) is 11.1 Å². The first kappa shape index (κ1) is 9.34. The summed E-state index contributed by atoms with van der Waals surface area (Å²) in [6.07, 6.45) is 0. The Kier molecular flexibility index (Phi) is 3.92. The molecular weight excluding hydrogens is 308 g/mol. The molecule has 0 aliphatic rings. The zero-order chi connectivity index (χ0) is 6.69. The molecule has 2 nitrogen and oxygen atoms in total. The second kappa shape index (κ2) is 4.20. The molecule has 1 N–H and O–H groups in total. The molecule has 0 fully saturated rings. The van der Waals surface area contributed by atoms with Gasteiger partial charge in [-0.1, -0.05) is 18.2 Å². The topological polar surface area (TPSA) is 37.3 Å². The minimum Gasteiger partial charge on any atom is -0.478 e. The monoisotopic (exact) mass is 315 g/mol. The zero-order valence-electron chi connectivity index (χ0n) is 5.08. The summed E-state index contributed by atoms with van der Waals surface area (Å²) in [5, 5.41) is 8.38. The van der Waals surface area contributed by atoms with E-state index in [4.69, 9.17) is 5.11 Å². The molecule has 0 saturated heterocycles. The Morgan fingerprint density at radius 1 is 1.20 bits per heavy atom. The van der Waals surface area contributed by atoms with Crippen LogP contribution in [0.3, 0.4) is 0 Å². The normalized spacial score (nSPS) is 8.00. The minimum atomic E-state index is -0.879. The first-order chi connectivity index (χ1) is 4.30. The molecule has 1 aromatic carbocycles. The third-order valence-corrected chi connectivity index (χ3v) is 1.02. The Morgan fingerprint density at radius 3 is 2.00 bits per heavy atom. The van der Waals surface area contributed by atoms with Gasteiger partial charge in [0, 0.05) is 20.1 Å². The fourth-order valence-corrected chi connectivity index (χ4v) is 0.581. The van der Waals surface area contributed by atoms with Gasteiger partial charge in [-0.3, -0.25) is 0 Å². The Balaban J connectivity index is 0.000000810. The number of hydrogen-bond donors (Lipinski definition) is 1. The van der Waals surface area contributed by atoms with Gasteiger partial charge in [-0.05, 0) is 12.1 Å². The van der Waals surface area contributed by atoms with Crippen molar-refractivity contribution in [2.45, 2.75) is 0 Å². The van der Waals surface area contributed by atoms with Gasteiger partial charge in [0.15, 0.2) is 0 Å². The van der Waals surface area contributed by atoms with E-state index in [-0.39, 0.29) is 20.1 Å². The van der Waals surface area contributed by atoms with E-state index in [1.165, 1.54) is 0 Å². The Hall–Kier alpha value is -0.661. The first-order valence-electron chi connectivity index (χ1n) is 2.59. The molecule has 0 unspecified atom stereocenters. The summed E-state index contributed by atoms with van der Waals surface area (Å²) in [7, 11) is 0. The second-order valence-electron chi connectivity index (χ2n) is 1.67. The maximum atomic E-state index is 10.2. The molecule has 0 amide bonds. The molecule has 0 aliphatic carbocycles. The van der Waals surface area contributed by atoms with Crippen LogP contribution in [0.1, 0.15) is 10.4 Å². The molecule has 55 valence electrons. The largest absolute Gasteiger partial charge is 0.478 e. The van der Waals surface area contributed by atoms with Crippen molar-refractivity contribution in [1.82, 2.24) is 0 Å². The molecular formula is C7H6IrO2. The van der Waals surface area contributed by atoms with Crippen LogP contribution in [0, 0.1) is 0 Å². The number of hydrogen-bond acceptors (Lipinski definition) is 1. The molecule has 1 aromatic rings. The number of aromatic carboxylic acids is 1. The molecule has 0 spiro atoms. The molecule has 0 aliphatic heterocycles. The molecule has 0 atom stereocenters. The quantitative estimate of drug-likeness (QED) is 0.850. The van der Waals surface area contributed by atoms with Crippen molar-refractivity contribution in [1.29, 1.82) is 0 Å². The number of carbonyl (C=O) groups is 1. The van der Waals surface area contributed by atoms with Crippen LogP contribution < -0.4 is 0 Å². The van der Waals surface area contributed by atoms with Crippen molar-refractivity contribution in [3.63, 3.8) is 0 Å². The van der Waals surface area contributed by atoms with Crippen LogP contribution in [-0.2, 0) is 20.1 Å². The predicted octanol–water partition coefficient (Wildman–Crippen LogP) is 1.38. The van der Waals surface area contributed by atoms with Gasteiger partial charge in [0.1, 0.15) is 0 Å². The molecule has 0 saturated carbocycles. The van der Waals surface area contributed by atoms with Crippen LogP contribution in [0.4, 0.5) is 0 Å². The van der Waals surface area contributed by atoms with Crippen LogP contribution in [0.15, 0.2) is 30.3 Å². The molecule has 0 heterocycles. The van der Waals surface area contributed by atoms with Gasteiger partial charge in [-0.2, -0.15) is 0 Å². The van der Waals surface area contributed by atoms with Gasteiger partial charge < -0.3 is 5.11 Å². The molecule has 1 radical (unpaired) electrons. The SMILES string of the molecule is O=C(O)c1ccccc1.[Ir]. The van der Waals surface area contributed by atoms with Crippen LogP contribution in [0.2, 0.25) is 0 Å². The van der Waals surface area contributed by atoms with Gasteiger partial charge in [0.05, 0.1) is 5.56 Å². The van der Waals surface area contributed by atoms with Crippen LogP contribution in [0.5, 0.6) is 0 Å². The van der Waals surface area contributed by atoms with E-state index in [1.54, 1.807) is 30.3 Å². The average molecular weight is 314 g/mol. The van der Waals surface area contributed by atoms with Gasteiger partial charge in [-0.25, -0.2) is 4.79 Å². The Bertz CT molecular complexity index is 208. The van der Waals surface area contributed by atoms with E-state index in [2.05, 4.69) is 0 Å². The summed E-state index contributed by atoms with van der Waals surface area (Å²) in [6, 6.07) is 8.30. The molecule has 1 rings (SSSR count). The van der Waals surface area contributed by atoms with Crippen LogP contribution in [0.25, 0.3) is 0 Å². The maximum Gasteiger partial charge on any atom is 0.335 e. The van der Waals surface area contributed by atoms with Crippen LogP contribution >= 0.6 is 0 Å². The molecule has 0 bridgehead atoms. The fourth-order valence-electron chi connectivity index (χ4n) is 0.581. The number of carboxylic acid groups (broad SMARTS) is 1. The number of rotatable bonds is 1. The summed E-state index contributed by atoms with van der Waals surface area (Å²) in [4.78, 5) is 10.2. The van der Waals surface area contributed by atoms with E-state index < -0.39 is 5.97 Å². The van der Waals surface area contributed by atoms with E-state index in [1.807, 2.05) is 0 Å². The number of benzene rings is 1. The van der Waals surface area contributed by atoms with E-state index in [9.17, 15) is 4.79 Å². The molecule has 10 heavy (non-hydrogen) atoms. The first-order valence-corrected chi connectivity index (χ1v) is 2.59. The van der Waals surface area contributed by atoms with Gasteiger partial charge in [0.25, 0.3) is 0 Å². The molecule has 0 aromatic heterocycles. The van der Waals surface area contributed by atoms with Crippen molar-refractivity contribution in [3.05, 3.63) is 35.9 Å². The number of carboxylic acids is 1. The summed E-state index contributed by atoms with van der Waals surface area (Å²) in [5.41, 5.74) is 0.331. The van der Waals surface area contributed by atoms with Gasteiger partial charge >= 0.3 is 5.97 Å². The standard InChI is InChI=1S/C7H6O2.Ir/c8-7(9)6-4-2-1-3-5-6;/h1-5H,(H,8,9);. The smallest absolute Gasteiger partial charge is 0.335 e. The van der Waals surface area contributed by atoms with Gasteiger partial charge in [-0.15, -0.1) is 0 Å². The van der Waals surface area contributed by atoms with E-state index in [0.717, 1.165) is 0 Å².